The second-order valence-electron chi connectivity index (χ2n) is 4.42. The molecule has 20 heavy (non-hydrogen) atoms. The predicted molar refractivity (Wildman–Crippen MR) is 81.8 cm³/mol. The monoisotopic (exact) mass is 290 g/mol. The van der Waals surface area contributed by atoms with Crippen molar-refractivity contribution in [2.45, 2.75) is 36.4 Å². The van der Waals surface area contributed by atoms with Gasteiger partial charge in [-0.1, -0.05) is 6.92 Å². The van der Waals surface area contributed by atoms with E-state index in [-0.39, 0.29) is 6.10 Å². The molecule has 0 fully saturated rings. The summed E-state index contributed by atoms with van der Waals surface area (Å²) in [4.78, 5) is 9.56. The van der Waals surface area contributed by atoms with Crippen molar-refractivity contribution in [3.8, 4) is 5.88 Å². The summed E-state index contributed by atoms with van der Waals surface area (Å²) in [7, 11) is 0. The van der Waals surface area contributed by atoms with Crippen LogP contribution in [-0.2, 0) is 0 Å². The molecular formula is C14H18N4OS. The van der Waals surface area contributed by atoms with Crippen LogP contribution in [0.1, 0.15) is 20.3 Å². The lowest BCUT2D eigenvalue weighted by molar-refractivity contribution is 0.207. The minimum atomic E-state index is 0.0960. The average Bonchev–Trinajstić information content (AvgIpc) is 2.40. The summed E-state index contributed by atoms with van der Waals surface area (Å²) >= 11 is 1.42. The molecule has 1 atom stereocenters. The van der Waals surface area contributed by atoms with Crippen molar-refractivity contribution in [1.82, 2.24) is 9.97 Å². The molecule has 0 spiro atoms. The van der Waals surface area contributed by atoms with E-state index in [0.29, 0.717) is 16.9 Å². The van der Waals surface area contributed by atoms with Crippen molar-refractivity contribution < 1.29 is 4.74 Å². The van der Waals surface area contributed by atoms with Crippen LogP contribution in [0.2, 0.25) is 0 Å². The fourth-order valence-corrected chi connectivity index (χ4v) is 2.23. The maximum atomic E-state index is 5.79. The Labute approximate surface area is 122 Å². The van der Waals surface area contributed by atoms with Gasteiger partial charge >= 0.3 is 0 Å². The summed E-state index contributed by atoms with van der Waals surface area (Å²) in [6.45, 7) is 4.05. The van der Waals surface area contributed by atoms with Crippen molar-refractivity contribution in [2.75, 3.05) is 11.5 Å². The Hall–Kier alpha value is -1.95. The van der Waals surface area contributed by atoms with Gasteiger partial charge in [-0.2, -0.15) is 4.98 Å². The number of nitrogens with zero attached hydrogens (tertiary/aromatic N) is 2. The van der Waals surface area contributed by atoms with Crippen molar-refractivity contribution in [3.05, 3.63) is 30.3 Å². The van der Waals surface area contributed by atoms with Gasteiger partial charge in [-0.05, 0) is 49.4 Å². The van der Waals surface area contributed by atoms with Gasteiger partial charge in [-0.25, -0.2) is 4.98 Å². The zero-order valence-corrected chi connectivity index (χ0v) is 12.4. The van der Waals surface area contributed by atoms with Gasteiger partial charge in [0.05, 0.1) is 6.10 Å². The normalized spacial score (nSPS) is 12.1. The standard InChI is InChI=1S/C14H18N4OS/c1-3-9(2)19-13-8-12(16)17-14(18-13)20-11-6-4-10(15)5-7-11/h4-9H,3,15H2,1-2H3,(H2,16,17,18). The van der Waals surface area contributed by atoms with Gasteiger partial charge in [-0.3, -0.25) is 0 Å². The van der Waals surface area contributed by atoms with Gasteiger partial charge in [0.2, 0.25) is 5.88 Å². The summed E-state index contributed by atoms with van der Waals surface area (Å²) in [5, 5.41) is 0.563. The number of rotatable bonds is 5. The molecule has 2 aromatic rings. The fraction of sp³-hybridized carbons (Fsp3) is 0.286. The Morgan fingerprint density at radius 1 is 1.20 bits per heavy atom. The van der Waals surface area contributed by atoms with Crippen molar-refractivity contribution in [3.63, 3.8) is 0 Å². The molecule has 0 amide bonds. The predicted octanol–water partition coefficient (Wildman–Crippen LogP) is 2.97. The lowest BCUT2D eigenvalue weighted by Gasteiger charge is -2.12. The van der Waals surface area contributed by atoms with Crippen molar-refractivity contribution in [1.29, 1.82) is 0 Å². The van der Waals surface area contributed by atoms with Crippen molar-refractivity contribution in [2.24, 2.45) is 0 Å². The molecule has 4 N–H and O–H groups in total. The molecule has 1 heterocycles. The molecule has 0 saturated heterocycles. The molecule has 5 nitrogen and oxygen atoms in total. The average molecular weight is 290 g/mol. The Kier molecular flexibility index (Phi) is 4.68. The molecule has 2 rings (SSSR count). The molecule has 0 radical (unpaired) electrons. The minimum absolute atomic E-state index is 0.0960. The summed E-state index contributed by atoms with van der Waals surface area (Å²) in [5.74, 6) is 0.904. The summed E-state index contributed by atoms with van der Waals surface area (Å²) in [6.07, 6.45) is 1.00. The number of aromatic nitrogens is 2. The molecular weight excluding hydrogens is 272 g/mol. The van der Waals surface area contributed by atoms with Crippen LogP contribution in [0, 0.1) is 0 Å². The molecule has 106 valence electrons. The molecule has 1 unspecified atom stereocenters. The van der Waals surface area contributed by atoms with E-state index in [1.807, 2.05) is 31.2 Å². The van der Waals surface area contributed by atoms with Crippen LogP contribution in [0.5, 0.6) is 5.88 Å². The Morgan fingerprint density at radius 2 is 1.90 bits per heavy atom. The maximum Gasteiger partial charge on any atom is 0.219 e. The highest BCUT2D eigenvalue weighted by Crippen LogP contribution is 2.27. The molecule has 1 aromatic heterocycles. The van der Waals surface area contributed by atoms with Crippen LogP contribution >= 0.6 is 11.8 Å². The molecule has 1 aromatic carbocycles. The van der Waals surface area contributed by atoms with Gasteiger partial charge in [0.1, 0.15) is 5.82 Å². The number of anilines is 2. The van der Waals surface area contributed by atoms with E-state index in [1.54, 1.807) is 6.07 Å². The van der Waals surface area contributed by atoms with Gasteiger partial charge < -0.3 is 16.2 Å². The molecule has 0 bridgehead atoms. The van der Waals surface area contributed by atoms with Crippen LogP contribution in [0.3, 0.4) is 0 Å². The van der Waals surface area contributed by atoms with E-state index >= 15 is 0 Å². The molecule has 0 aliphatic carbocycles. The highest BCUT2D eigenvalue weighted by molar-refractivity contribution is 7.99. The first-order chi connectivity index (χ1) is 9.56. The molecule has 0 aliphatic heterocycles. The first-order valence-corrected chi connectivity index (χ1v) is 7.23. The van der Waals surface area contributed by atoms with Gasteiger partial charge in [-0.15, -0.1) is 0 Å². The minimum Gasteiger partial charge on any atom is -0.475 e. The SMILES string of the molecule is CCC(C)Oc1cc(N)nc(Sc2ccc(N)cc2)n1. The second kappa shape index (κ2) is 6.47. The first-order valence-electron chi connectivity index (χ1n) is 6.41. The number of hydrogen-bond donors (Lipinski definition) is 2. The highest BCUT2D eigenvalue weighted by Gasteiger charge is 2.08. The maximum absolute atomic E-state index is 5.79. The Morgan fingerprint density at radius 3 is 2.55 bits per heavy atom. The number of hydrogen-bond acceptors (Lipinski definition) is 6. The number of nitrogens with two attached hydrogens (primary N) is 2. The smallest absolute Gasteiger partial charge is 0.219 e. The first kappa shape index (κ1) is 14.5. The lowest BCUT2D eigenvalue weighted by Crippen LogP contribution is -2.11. The third-order valence-electron chi connectivity index (χ3n) is 2.69. The zero-order chi connectivity index (χ0) is 14.5. The van der Waals surface area contributed by atoms with Crippen LogP contribution in [0.4, 0.5) is 11.5 Å². The molecule has 0 saturated carbocycles. The fourth-order valence-electron chi connectivity index (χ4n) is 1.46. The van der Waals surface area contributed by atoms with E-state index in [0.717, 1.165) is 17.0 Å². The van der Waals surface area contributed by atoms with E-state index in [4.69, 9.17) is 16.2 Å². The summed E-state index contributed by atoms with van der Waals surface area (Å²) in [5.41, 5.74) is 12.2. The van der Waals surface area contributed by atoms with E-state index in [9.17, 15) is 0 Å². The van der Waals surface area contributed by atoms with Crippen LogP contribution in [0.25, 0.3) is 0 Å². The molecule has 6 heteroatoms. The number of ether oxygens (including phenoxy) is 1. The summed E-state index contributed by atoms with van der Waals surface area (Å²) in [6, 6.07) is 9.15. The van der Waals surface area contributed by atoms with Gasteiger partial charge in [0.15, 0.2) is 5.16 Å². The van der Waals surface area contributed by atoms with Crippen LogP contribution in [-0.4, -0.2) is 16.1 Å². The quantitative estimate of drug-likeness (QED) is 0.650. The Balaban J connectivity index is 2.17. The molecule has 0 aliphatic rings. The van der Waals surface area contributed by atoms with E-state index in [2.05, 4.69) is 16.9 Å². The van der Waals surface area contributed by atoms with E-state index in [1.165, 1.54) is 11.8 Å². The van der Waals surface area contributed by atoms with E-state index < -0.39 is 0 Å². The number of benzene rings is 1. The Bertz CT molecular complexity index is 574. The lowest BCUT2D eigenvalue weighted by atomic mass is 10.3. The van der Waals surface area contributed by atoms with Gasteiger partial charge in [0.25, 0.3) is 0 Å². The van der Waals surface area contributed by atoms with Crippen LogP contribution < -0.4 is 16.2 Å². The topological polar surface area (TPSA) is 87.0 Å². The highest BCUT2D eigenvalue weighted by atomic mass is 32.2. The zero-order valence-electron chi connectivity index (χ0n) is 11.5. The van der Waals surface area contributed by atoms with Crippen LogP contribution in [0.15, 0.2) is 40.4 Å². The van der Waals surface area contributed by atoms with Crippen molar-refractivity contribution >= 4 is 23.3 Å². The third kappa shape index (κ3) is 4.03. The third-order valence-corrected chi connectivity index (χ3v) is 3.56. The second-order valence-corrected chi connectivity index (χ2v) is 5.46. The number of nitrogen functional groups attached to an aromatic ring is 2. The summed E-state index contributed by atoms with van der Waals surface area (Å²) < 4.78 is 5.68. The van der Waals surface area contributed by atoms with Gasteiger partial charge in [0, 0.05) is 16.6 Å². The largest absolute Gasteiger partial charge is 0.475 e.